The van der Waals surface area contributed by atoms with E-state index >= 15 is 0 Å². The second-order valence-corrected chi connectivity index (χ2v) is 8.50. The zero-order chi connectivity index (χ0) is 23.8. The van der Waals surface area contributed by atoms with Crippen molar-refractivity contribution in [1.29, 1.82) is 0 Å². The van der Waals surface area contributed by atoms with E-state index in [4.69, 9.17) is 4.74 Å². The van der Waals surface area contributed by atoms with Crippen LogP contribution in [0.5, 0.6) is 5.75 Å². The predicted octanol–water partition coefficient (Wildman–Crippen LogP) is 3.54. The average molecular weight is 468 g/mol. The first kappa shape index (κ1) is 24.3. The Morgan fingerprint density at radius 1 is 1.09 bits per heavy atom. The molecule has 0 aliphatic rings. The standard InChI is InChI=1S/C24H29N5O3S/c1-5-18-8-6-7-9-20(18)26-22(31)15-33-24-28-27-23(29(24)3)16(2)25-21(30)14-17-10-12-19(32-4)13-11-17/h6-13,16H,5,14-15H2,1-4H3,(H,25,30)(H,26,31)/t16-/m1/s1. The quantitative estimate of drug-likeness (QED) is 0.443. The molecule has 0 spiro atoms. The van der Waals surface area contributed by atoms with Crippen LogP contribution in [0, 0.1) is 0 Å². The normalized spacial score (nSPS) is 11.6. The minimum absolute atomic E-state index is 0.105. The molecule has 2 amide bonds. The Kier molecular flexibility index (Phi) is 8.48. The molecule has 0 saturated carbocycles. The van der Waals surface area contributed by atoms with Gasteiger partial charge in [-0.25, -0.2) is 0 Å². The first-order valence-electron chi connectivity index (χ1n) is 10.7. The maximum absolute atomic E-state index is 12.5. The zero-order valence-corrected chi connectivity index (χ0v) is 20.1. The summed E-state index contributed by atoms with van der Waals surface area (Å²) in [5, 5.41) is 14.9. The van der Waals surface area contributed by atoms with Crippen molar-refractivity contribution in [3.05, 3.63) is 65.5 Å². The van der Waals surface area contributed by atoms with Gasteiger partial charge in [-0.15, -0.1) is 10.2 Å². The fraction of sp³-hybridized carbons (Fsp3) is 0.333. The van der Waals surface area contributed by atoms with Gasteiger partial charge in [-0.05, 0) is 42.7 Å². The molecule has 1 heterocycles. The smallest absolute Gasteiger partial charge is 0.234 e. The summed E-state index contributed by atoms with van der Waals surface area (Å²) in [7, 11) is 3.43. The number of ether oxygens (including phenoxy) is 1. The molecule has 1 aromatic heterocycles. The fourth-order valence-electron chi connectivity index (χ4n) is 3.38. The zero-order valence-electron chi connectivity index (χ0n) is 19.3. The highest BCUT2D eigenvalue weighted by Gasteiger charge is 2.18. The Hall–Kier alpha value is -3.33. The van der Waals surface area contributed by atoms with E-state index in [0.717, 1.165) is 29.0 Å². The lowest BCUT2D eigenvalue weighted by atomic mass is 10.1. The Morgan fingerprint density at radius 3 is 2.52 bits per heavy atom. The van der Waals surface area contributed by atoms with E-state index in [-0.39, 0.29) is 30.0 Å². The van der Waals surface area contributed by atoms with E-state index in [1.807, 2.05) is 62.5 Å². The number of amides is 2. The molecule has 0 aliphatic carbocycles. The molecule has 33 heavy (non-hydrogen) atoms. The van der Waals surface area contributed by atoms with E-state index in [9.17, 15) is 9.59 Å². The maximum atomic E-state index is 12.5. The molecule has 2 N–H and O–H groups in total. The van der Waals surface area contributed by atoms with Gasteiger partial charge in [-0.1, -0.05) is 49.0 Å². The lowest BCUT2D eigenvalue weighted by Crippen LogP contribution is -2.29. The fourth-order valence-corrected chi connectivity index (χ4v) is 4.10. The van der Waals surface area contributed by atoms with Crippen molar-refractivity contribution in [2.45, 2.75) is 37.9 Å². The van der Waals surface area contributed by atoms with Crippen LogP contribution < -0.4 is 15.4 Å². The molecule has 0 fully saturated rings. The van der Waals surface area contributed by atoms with Crippen molar-refractivity contribution in [2.75, 3.05) is 18.2 Å². The van der Waals surface area contributed by atoms with E-state index < -0.39 is 0 Å². The van der Waals surface area contributed by atoms with Crippen molar-refractivity contribution in [1.82, 2.24) is 20.1 Å². The van der Waals surface area contributed by atoms with E-state index in [1.54, 1.807) is 11.7 Å². The molecule has 3 rings (SSSR count). The van der Waals surface area contributed by atoms with E-state index in [2.05, 4.69) is 27.8 Å². The maximum Gasteiger partial charge on any atom is 0.234 e. The molecule has 8 nitrogen and oxygen atoms in total. The third-order valence-electron chi connectivity index (χ3n) is 5.16. The van der Waals surface area contributed by atoms with Crippen LogP contribution in [0.2, 0.25) is 0 Å². The number of aryl methyl sites for hydroxylation is 1. The summed E-state index contributed by atoms with van der Waals surface area (Å²) in [6.07, 6.45) is 1.10. The first-order chi connectivity index (χ1) is 15.9. The number of benzene rings is 2. The number of nitrogens with zero attached hydrogens (tertiary/aromatic N) is 3. The molecule has 0 aliphatic heterocycles. The number of rotatable bonds is 10. The Bertz CT molecular complexity index is 1100. The number of aromatic nitrogens is 3. The monoisotopic (exact) mass is 467 g/mol. The number of carbonyl (C=O) groups is 2. The molecule has 0 radical (unpaired) electrons. The lowest BCUT2D eigenvalue weighted by molar-refractivity contribution is -0.121. The summed E-state index contributed by atoms with van der Waals surface area (Å²) in [4.78, 5) is 24.9. The number of anilines is 1. The molecule has 0 saturated heterocycles. The molecule has 1 atom stereocenters. The number of hydrogen-bond acceptors (Lipinski definition) is 6. The minimum Gasteiger partial charge on any atom is -0.497 e. The molecular formula is C24H29N5O3S. The second kappa shape index (κ2) is 11.5. The topological polar surface area (TPSA) is 98.1 Å². The summed E-state index contributed by atoms with van der Waals surface area (Å²) in [5.74, 6) is 1.37. The van der Waals surface area contributed by atoms with Gasteiger partial charge in [0, 0.05) is 12.7 Å². The number of carbonyl (C=O) groups excluding carboxylic acids is 2. The van der Waals surface area contributed by atoms with Crippen LogP contribution in [0.3, 0.4) is 0 Å². The van der Waals surface area contributed by atoms with Gasteiger partial charge in [-0.3, -0.25) is 9.59 Å². The number of methoxy groups -OCH3 is 1. The minimum atomic E-state index is -0.326. The molecule has 174 valence electrons. The summed E-state index contributed by atoms with van der Waals surface area (Å²) in [5.41, 5.74) is 2.82. The predicted molar refractivity (Wildman–Crippen MR) is 129 cm³/mol. The first-order valence-corrected chi connectivity index (χ1v) is 11.7. The van der Waals surface area contributed by atoms with Crippen LogP contribution in [0.15, 0.2) is 53.7 Å². The lowest BCUT2D eigenvalue weighted by Gasteiger charge is -2.14. The summed E-state index contributed by atoms with van der Waals surface area (Å²) in [6, 6.07) is 14.8. The van der Waals surface area contributed by atoms with Crippen LogP contribution in [0.25, 0.3) is 0 Å². The molecule has 0 bridgehead atoms. The Labute approximate surface area is 198 Å². The number of hydrogen-bond donors (Lipinski definition) is 2. The average Bonchev–Trinajstić information content (AvgIpc) is 3.18. The van der Waals surface area contributed by atoms with Gasteiger partial charge >= 0.3 is 0 Å². The van der Waals surface area contributed by atoms with Gasteiger partial charge in [-0.2, -0.15) is 0 Å². The molecule has 2 aromatic carbocycles. The highest BCUT2D eigenvalue weighted by atomic mass is 32.2. The number of nitrogens with one attached hydrogen (secondary N) is 2. The van der Waals surface area contributed by atoms with Gasteiger partial charge < -0.3 is 19.9 Å². The summed E-state index contributed by atoms with van der Waals surface area (Å²) >= 11 is 1.30. The van der Waals surface area contributed by atoms with Crippen LogP contribution in [-0.2, 0) is 29.5 Å². The van der Waals surface area contributed by atoms with Gasteiger partial charge in [0.05, 0.1) is 25.3 Å². The third-order valence-corrected chi connectivity index (χ3v) is 6.18. The second-order valence-electron chi connectivity index (χ2n) is 7.56. The SMILES string of the molecule is CCc1ccccc1NC(=O)CSc1nnc([C@@H](C)NC(=O)Cc2ccc(OC)cc2)n1C. The van der Waals surface area contributed by atoms with Crippen LogP contribution in [0.4, 0.5) is 5.69 Å². The van der Waals surface area contributed by atoms with Crippen LogP contribution in [0.1, 0.15) is 36.8 Å². The number of para-hydroxylation sites is 1. The van der Waals surface area contributed by atoms with Gasteiger partial charge in [0.2, 0.25) is 11.8 Å². The summed E-state index contributed by atoms with van der Waals surface area (Å²) < 4.78 is 6.94. The van der Waals surface area contributed by atoms with Crippen LogP contribution in [-0.4, -0.2) is 39.4 Å². The molecule has 0 unspecified atom stereocenters. The molecule has 3 aromatic rings. The number of thioether (sulfide) groups is 1. The van der Waals surface area contributed by atoms with Crippen molar-refractivity contribution in [2.24, 2.45) is 7.05 Å². The van der Waals surface area contributed by atoms with Crippen molar-refractivity contribution >= 4 is 29.3 Å². The summed E-state index contributed by atoms with van der Waals surface area (Å²) in [6.45, 7) is 3.91. The Morgan fingerprint density at radius 2 is 1.82 bits per heavy atom. The van der Waals surface area contributed by atoms with Crippen molar-refractivity contribution in [3.63, 3.8) is 0 Å². The van der Waals surface area contributed by atoms with Crippen molar-refractivity contribution in [3.8, 4) is 5.75 Å². The Balaban J connectivity index is 1.53. The van der Waals surface area contributed by atoms with Crippen molar-refractivity contribution < 1.29 is 14.3 Å². The van der Waals surface area contributed by atoms with Crippen LogP contribution >= 0.6 is 11.8 Å². The molecular weight excluding hydrogens is 438 g/mol. The highest BCUT2D eigenvalue weighted by Crippen LogP contribution is 2.21. The van der Waals surface area contributed by atoms with E-state index in [0.29, 0.717) is 11.0 Å². The van der Waals surface area contributed by atoms with Gasteiger partial charge in [0.15, 0.2) is 11.0 Å². The van der Waals surface area contributed by atoms with Gasteiger partial charge in [0.1, 0.15) is 5.75 Å². The largest absolute Gasteiger partial charge is 0.497 e. The van der Waals surface area contributed by atoms with E-state index in [1.165, 1.54) is 11.8 Å². The van der Waals surface area contributed by atoms with Gasteiger partial charge in [0.25, 0.3) is 0 Å². The highest BCUT2D eigenvalue weighted by molar-refractivity contribution is 7.99. The third kappa shape index (κ3) is 6.58. The molecule has 9 heteroatoms.